The van der Waals surface area contributed by atoms with Crippen molar-refractivity contribution in [2.75, 3.05) is 16.8 Å². The number of fused-ring (bicyclic) bond motifs is 4. The highest BCUT2D eigenvalue weighted by molar-refractivity contribution is 6.06. The average molecular weight is 384 g/mol. The van der Waals surface area contributed by atoms with E-state index in [1.165, 1.54) is 27.2 Å². The first-order valence-electron chi connectivity index (χ1n) is 9.68. The van der Waals surface area contributed by atoms with Gasteiger partial charge in [0.1, 0.15) is 12.3 Å². The van der Waals surface area contributed by atoms with E-state index in [-0.39, 0.29) is 18.4 Å². The summed E-state index contributed by atoms with van der Waals surface area (Å²) in [4.78, 5) is 26.8. The molecular weight excluding hydrogens is 364 g/mol. The number of amides is 2. The predicted octanol–water partition coefficient (Wildman–Crippen LogP) is 4.01. The Kier molecular flexibility index (Phi) is 4.09. The van der Waals surface area contributed by atoms with Crippen LogP contribution in [0.4, 0.5) is 11.4 Å². The summed E-state index contributed by atoms with van der Waals surface area (Å²) in [6.45, 7) is 1.64. The smallest absolute Gasteiger partial charge is 0.268 e. The van der Waals surface area contributed by atoms with Crippen molar-refractivity contribution in [2.24, 2.45) is 0 Å². The number of hydrogen-bond donors (Lipinski definition) is 1. The number of carbonyl (C=O) groups is 2. The molecule has 1 aliphatic heterocycles. The molecule has 1 unspecified atom stereocenters. The molecule has 0 saturated carbocycles. The summed E-state index contributed by atoms with van der Waals surface area (Å²) in [5.74, 6) is 0.156. The summed E-state index contributed by atoms with van der Waals surface area (Å²) in [5.41, 5.74) is 6.33. The van der Waals surface area contributed by atoms with E-state index >= 15 is 0 Å². The molecular formula is C24H20N2O3. The van der Waals surface area contributed by atoms with Gasteiger partial charge < -0.3 is 10.1 Å². The van der Waals surface area contributed by atoms with E-state index in [2.05, 4.69) is 17.4 Å². The molecule has 2 amide bonds. The number of nitrogens with one attached hydrogen (secondary N) is 1. The first-order chi connectivity index (χ1) is 14.1. The van der Waals surface area contributed by atoms with Gasteiger partial charge in [-0.15, -0.1) is 0 Å². The van der Waals surface area contributed by atoms with E-state index < -0.39 is 6.10 Å². The van der Waals surface area contributed by atoms with Crippen LogP contribution in [0.3, 0.4) is 0 Å². The van der Waals surface area contributed by atoms with Gasteiger partial charge in [0.15, 0.2) is 6.10 Å². The Balaban J connectivity index is 1.34. The zero-order valence-electron chi connectivity index (χ0n) is 16.0. The lowest BCUT2D eigenvalue weighted by Crippen LogP contribution is -2.47. The molecule has 2 aliphatic rings. The Labute approximate surface area is 168 Å². The Hall–Kier alpha value is -3.60. The van der Waals surface area contributed by atoms with Crippen LogP contribution in [0.5, 0.6) is 5.75 Å². The predicted molar refractivity (Wildman–Crippen MR) is 112 cm³/mol. The monoisotopic (exact) mass is 384 g/mol. The minimum absolute atomic E-state index is 0.0547. The number of para-hydroxylation sites is 2. The highest BCUT2D eigenvalue weighted by Gasteiger charge is 2.32. The minimum atomic E-state index is -0.615. The molecule has 1 atom stereocenters. The molecule has 0 bridgehead atoms. The summed E-state index contributed by atoms with van der Waals surface area (Å²) < 4.78 is 5.63. The van der Waals surface area contributed by atoms with Gasteiger partial charge in [-0.2, -0.15) is 0 Å². The molecule has 1 N–H and O–H groups in total. The lowest BCUT2D eigenvalue weighted by molar-refractivity contribution is -0.127. The number of benzene rings is 3. The van der Waals surface area contributed by atoms with Gasteiger partial charge in [0.05, 0.1) is 5.69 Å². The molecule has 5 rings (SSSR count). The van der Waals surface area contributed by atoms with E-state index in [0.29, 0.717) is 11.4 Å². The Bertz CT molecular complexity index is 1140. The van der Waals surface area contributed by atoms with Crippen molar-refractivity contribution < 1.29 is 14.3 Å². The third-order valence-electron chi connectivity index (χ3n) is 5.45. The number of ether oxygens (including phenoxy) is 1. The van der Waals surface area contributed by atoms with Crippen LogP contribution in [0.15, 0.2) is 66.7 Å². The molecule has 5 heteroatoms. The summed E-state index contributed by atoms with van der Waals surface area (Å²) >= 11 is 0. The van der Waals surface area contributed by atoms with Gasteiger partial charge in [-0.25, -0.2) is 0 Å². The number of rotatable bonds is 3. The van der Waals surface area contributed by atoms with Crippen LogP contribution < -0.4 is 15.0 Å². The van der Waals surface area contributed by atoms with Crippen LogP contribution in [0.1, 0.15) is 18.1 Å². The third-order valence-corrected chi connectivity index (χ3v) is 5.45. The van der Waals surface area contributed by atoms with Gasteiger partial charge in [-0.1, -0.05) is 42.5 Å². The maximum absolute atomic E-state index is 12.7. The summed E-state index contributed by atoms with van der Waals surface area (Å²) in [6, 6.07) is 21.6. The maximum Gasteiger partial charge on any atom is 0.268 e. The van der Waals surface area contributed by atoms with E-state index in [1.54, 1.807) is 19.1 Å². The molecule has 5 nitrogen and oxygen atoms in total. The second-order valence-corrected chi connectivity index (χ2v) is 7.41. The summed E-state index contributed by atoms with van der Waals surface area (Å²) in [6.07, 6.45) is 0.249. The van der Waals surface area contributed by atoms with Crippen molar-refractivity contribution in [1.82, 2.24) is 0 Å². The van der Waals surface area contributed by atoms with Crippen molar-refractivity contribution in [3.05, 3.63) is 77.9 Å². The second kappa shape index (κ2) is 6.78. The lowest BCUT2D eigenvalue weighted by atomic mass is 10.1. The van der Waals surface area contributed by atoms with Crippen molar-refractivity contribution >= 4 is 23.2 Å². The fourth-order valence-corrected chi connectivity index (χ4v) is 4.09. The zero-order valence-corrected chi connectivity index (χ0v) is 16.0. The summed E-state index contributed by atoms with van der Waals surface area (Å²) in [5, 5.41) is 2.94. The third kappa shape index (κ3) is 3.05. The van der Waals surface area contributed by atoms with E-state index in [4.69, 9.17) is 4.74 Å². The number of carbonyl (C=O) groups excluding carboxylic acids is 2. The molecule has 0 radical (unpaired) electrons. The first kappa shape index (κ1) is 17.5. The van der Waals surface area contributed by atoms with Gasteiger partial charge >= 0.3 is 0 Å². The molecule has 0 spiro atoms. The standard InChI is InChI=1S/C24H20N2O3/c1-15-24(28)26(21-8-4-5-9-22(21)29-15)14-23(27)25-18-10-11-20-17(13-18)12-16-6-2-3-7-19(16)20/h2-11,13,15H,12,14H2,1H3,(H,25,27). The Morgan fingerprint density at radius 2 is 1.79 bits per heavy atom. The largest absolute Gasteiger partial charge is 0.479 e. The van der Waals surface area contributed by atoms with Crippen LogP contribution in [0.25, 0.3) is 11.1 Å². The fourth-order valence-electron chi connectivity index (χ4n) is 4.09. The molecule has 144 valence electrons. The Morgan fingerprint density at radius 1 is 1.03 bits per heavy atom. The van der Waals surface area contributed by atoms with Gasteiger partial charge in [-0.3, -0.25) is 14.5 Å². The molecule has 0 aromatic heterocycles. The van der Waals surface area contributed by atoms with Crippen molar-refractivity contribution in [3.63, 3.8) is 0 Å². The van der Waals surface area contributed by atoms with Crippen LogP contribution in [0, 0.1) is 0 Å². The van der Waals surface area contributed by atoms with Crippen LogP contribution in [0.2, 0.25) is 0 Å². The van der Waals surface area contributed by atoms with Gasteiger partial charge in [-0.05, 0) is 59.9 Å². The zero-order chi connectivity index (χ0) is 20.0. The number of nitrogens with zero attached hydrogens (tertiary/aromatic N) is 1. The maximum atomic E-state index is 12.7. The normalized spacial score (nSPS) is 16.5. The topological polar surface area (TPSA) is 58.6 Å². The highest BCUT2D eigenvalue weighted by Crippen LogP contribution is 2.38. The average Bonchev–Trinajstić information content (AvgIpc) is 3.09. The molecule has 0 fully saturated rings. The van der Waals surface area contributed by atoms with E-state index in [9.17, 15) is 9.59 Å². The highest BCUT2D eigenvalue weighted by atomic mass is 16.5. The van der Waals surface area contributed by atoms with Gasteiger partial charge in [0.2, 0.25) is 5.91 Å². The van der Waals surface area contributed by atoms with Gasteiger partial charge in [0, 0.05) is 5.69 Å². The molecule has 29 heavy (non-hydrogen) atoms. The van der Waals surface area contributed by atoms with Gasteiger partial charge in [0.25, 0.3) is 5.91 Å². The molecule has 0 saturated heterocycles. The molecule has 1 aliphatic carbocycles. The fraction of sp³-hybridized carbons (Fsp3) is 0.167. The van der Waals surface area contributed by atoms with Crippen LogP contribution >= 0.6 is 0 Å². The number of anilines is 2. The van der Waals surface area contributed by atoms with E-state index in [0.717, 1.165) is 12.1 Å². The van der Waals surface area contributed by atoms with Crippen molar-refractivity contribution in [1.29, 1.82) is 0 Å². The van der Waals surface area contributed by atoms with Crippen molar-refractivity contribution in [3.8, 4) is 16.9 Å². The first-order valence-corrected chi connectivity index (χ1v) is 9.68. The minimum Gasteiger partial charge on any atom is -0.479 e. The molecule has 3 aromatic rings. The van der Waals surface area contributed by atoms with E-state index in [1.807, 2.05) is 42.5 Å². The lowest BCUT2D eigenvalue weighted by Gasteiger charge is -2.32. The summed E-state index contributed by atoms with van der Waals surface area (Å²) in [7, 11) is 0. The van der Waals surface area contributed by atoms with Crippen LogP contribution in [-0.4, -0.2) is 24.5 Å². The number of hydrogen-bond acceptors (Lipinski definition) is 3. The van der Waals surface area contributed by atoms with Crippen LogP contribution in [-0.2, 0) is 16.0 Å². The molecule has 3 aromatic carbocycles. The van der Waals surface area contributed by atoms with Crippen molar-refractivity contribution in [2.45, 2.75) is 19.4 Å². The molecule has 1 heterocycles. The quantitative estimate of drug-likeness (QED) is 0.581. The second-order valence-electron chi connectivity index (χ2n) is 7.41. The SMILES string of the molecule is CC1Oc2ccccc2N(CC(=O)Nc2ccc3c(c2)Cc2ccccc2-3)C1=O. The Morgan fingerprint density at radius 3 is 2.69 bits per heavy atom.